The van der Waals surface area contributed by atoms with Crippen molar-refractivity contribution in [2.24, 2.45) is 11.7 Å². The molecule has 2 fully saturated rings. The Morgan fingerprint density at radius 2 is 1.72 bits per heavy atom. The predicted molar refractivity (Wildman–Crippen MR) is 116 cm³/mol. The monoisotopic (exact) mass is 400 g/mol. The Hall–Kier alpha value is -2.08. The zero-order valence-electron chi connectivity index (χ0n) is 17.9. The number of hydrogen-bond donors (Lipinski definition) is 2. The number of urea groups is 1. The summed E-state index contributed by atoms with van der Waals surface area (Å²) in [6.45, 7) is 7.94. The van der Waals surface area contributed by atoms with Gasteiger partial charge in [0.25, 0.3) is 0 Å². The van der Waals surface area contributed by atoms with Crippen LogP contribution < -0.4 is 11.1 Å². The number of rotatable bonds is 5. The topological polar surface area (TPSA) is 78.7 Å². The normalized spacial score (nSPS) is 21.8. The van der Waals surface area contributed by atoms with E-state index in [1.165, 1.54) is 18.4 Å². The highest BCUT2D eigenvalue weighted by Gasteiger charge is 2.34. The molecule has 2 heterocycles. The van der Waals surface area contributed by atoms with E-state index in [1.807, 2.05) is 26.0 Å². The molecule has 2 aliphatic rings. The number of hydrogen-bond acceptors (Lipinski definition) is 3. The molecule has 3 amide bonds. The second kappa shape index (κ2) is 10.1. The number of carbonyl (C=O) groups excluding carboxylic acids is 2. The highest BCUT2D eigenvalue weighted by atomic mass is 16.2. The first-order valence-corrected chi connectivity index (χ1v) is 11.1. The lowest BCUT2D eigenvalue weighted by Gasteiger charge is -2.41. The van der Waals surface area contributed by atoms with Gasteiger partial charge < -0.3 is 16.0 Å². The molecule has 0 saturated carbocycles. The molecule has 6 nitrogen and oxygen atoms in total. The van der Waals surface area contributed by atoms with Crippen molar-refractivity contribution in [2.75, 3.05) is 19.6 Å². The first-order valence-electron chi connectivity index (χ1n) is 11.1. The first kappa shape index (κ1) is 21.6. The van der Waals surface area contributed by atoms with Crippen molar-refractivity contribution < 1.29 is 9.59 Å². The molecule has 3 N–H and O–H groups in total. The molecule has 2 aliphatic heterocycles. The molecule has 1 aromatic carbocycles. The van der Waals surface area contributed by atoms with Crippen molar-refractivity contribution in [1.82, 2.24) is 15.1 Å². The van der Waals surface area contributed by atoms with Crippen molar-refractivity contribution in [3.8, 4) is 0 Å². The van der Waals surface area contributed by atoms with E-state index < -0.39 is 0 Å². The minimum atomic E-state index is -0.383. The molecule has 0 unspecified atom stereocenters. The van der Waals surface area contributed by atoms with Crippen molar-refractivity contribution >= 4 is 11.9 Å². The number of nitrogens with one attached hydrogen (secondary N) is 1. The lowest BCUT2D eigenvalue weighted by atomic mass is 9.86. The third-order valence-corrected chi connectivity index (χ3v) is 6.29. The maximum absolute atomic E-state index is 12.8. The van der Waals surface area contributed by atoms with Gasteiger partial charge in [-0.1, -0.05) is 25.0 Å². The van der Waals surface area contributed by atoms with E-state index in [2.05, 4.69) is 15.1 Å². The van der Waals surface area contributed by atoms with Gasteiger partial charge in [0, 0.05) is 30.7 Å². The molecule has 3 rings (SSSR count). The third-order valence-electron chi connectivity index (χ3n) is 6.29. The number of nitrogens with zero attached hydrogens (tertiary/aromatic N) is 2. The summed E-state index contributed by atoms with van der Waals surface area (Å²) in [7, 11) is 0. The molecule has 0 spiro atoms. The highest BCUT2D eigenvalue weighted by molar-refractivity contribution is 5.92. The summed E-state index contributed by atoms with van der Waals surface area (Å²) in [5.74, 6) is 0.200. The third kappa shape index (κ3) is 5.95. The minimum absolute atomic E-state index is 0.115. The molecule has 0 aromatic heterocycles. The number of nitrogens with two attached hydrogens (primary N) is 1. The Morgan fingerprint density at radius 1 is 1.03 bits per heavy atom. The molecule has 1 aromatic rings. The number of primary amides is 1. The average molecular weight is 401 g/mol. The van der Waals surface area contributed by atoms with Crippen LogP contribution in [0.5, 0.6) is 0 Å². The number of carbonyl (C=O) groups is 2. The van der Waals surface area contributed by atoms with Gasteiger partial charge in [0.2, 0.25) is 5.91 Å². The van der Waals surface area contributed by atoms with Crippen molar-refractivity contribution in [3.05, 3.63) is 35.4 Å². The summed E-state index contributed by atoms with van der Waals surface area (Å²) in [6, 6.07) is 8.26. The van der Waals surface area contributed by atoms with Crippen LogP contribution in [0.25, 0.3) is 0 Å². The van der Waals surface area contributed by atoms with Crippen LogP contribution in [0.15, 0.2) is 24.3 Å². The summed E-state index contributed by atoms with van der Waals surface area (Å²) in [5.41, 5.74) is 7.09. The summed E-state index contributed by atoms with van der Waals surface area (Å²) < 4.78 is 0. The van der Waals surface area contributed by atoms with Gasteiger partial charge in [-0.15, -0.1) is 0 Å². The van der Waals surface area contributed by atoms with Gasteiger partial charge in [-0.05, 0) is 76.2 Å². The van der Waals surface area contributed by atoms with Gasteiger partial charge >= 0.3 is 6.03 Å². The second-order valence-corrected chi connectivity index (χ2v) is 8.89. The Balaban J connectivity index is 1.56. The predicted octanol–water partition coefficient (Wildman–Crippen LogP) is 3.36. The van der Waals surface area contributed by atoms with E-state index >= 15 is 0 Å². The smallest absolute Gasteiger partial charge is 0.317 e. The molecule has 6 heteroatoms. The summed E-state index contributed by atoms with van der Waals surface area (Å²) >= 11 is 0. The van der Waals surface area contributed by atoms with Crippen molar-refractivity contribution in [2.45, 2.75) is 71.0 Å². The van der Waals surface area contributed by atoms with Gasteiger partial charge in [-0.25, -0.2) is 4.79 Å². The molecule has 0 bridgehead atoms. The molecular formula is C23H36N4O2. The Kier molecular flexibility index (Phi) is 7.53. The van der Waals surface area contributed by atoms with E-state index in [0.717, 1.165) is 51.9 Å². The van der Waals surface area contributed by atoms with E-state index in [0.29, 0.717) is 17.5 Å². The number of likely N-dealkylation sites (tertiary alicyclic amines) is 2. The van der Waals surface area contributed by atoms with Gasteiger partial charge in [-0.3, -0.25) is 9.69 Å². The average Bonchev–Trinajstić information content (AvgIpc) is 2.95. The second-order valence-electron chi connectivity index (χ2n) is 8.89. The molecule has 160 valence electrons. The zero-order valence-corrected chi connectivity index (χ0v) is 17.9. The van der Waals surface area contributed by atoms with Crippen LogP contribution in [0.1, 0.15) is 68.3 Å². The van der Waals surface area contributed by atoms with Gasteiger partial charge in [0.1, 0.15) is 0 Å². The molecule has 1 atom stereocenters. The fourth-order valence-electron chi connectivity index (χ4n) is 4.73. The summed E-state index contributed by atoms with van der Waals surface area (Å²) in [4.78, 5) is 28.6. The molecule has 0 radical (unpaired) electrons. The van der Waals surface area contributed by atoms with Crippen LogP contribution >= 0.6 is 0 Å². The summed E-state index contributed by atoms with van der Waals surface area (Å²) in [6.07, 6.45) is 6.96. The quantitative estimate of drug-likeness (QED) is 0.795. The fourth-order valence-corrected chi connectivity index (χ4v) is 4.73. The first-order chi connectivity index (χ1) is 13.9. The standard InChI is InChI=1S/C23H36N4O2/c1-17(2)25-23(29)27-13-5-3-4-6-21(27)19-11-14-26(15-12-19)16-18-7-9-20(10-8-18)22(24)28/h7-10,17,19,21H,3-6,11-16H2,1-2H3,(H2,24,28)(H,25,29)/t21-/m0/s1. The van der Waals surface area contributed by atoms with Gasteiger partial charge in [0.15, 0.2) is 0 Å². The van der Waals surface area contributed by atoms with E-state index in [4.69, 9.17) is 5.73 Å². The maximum Gasteiger partial charge on any atom is 0.317 e. The number of benzene rings is 1. The fraction of sp³-hybridized carbons (Fsp3) is 0.652. The SMILES string of the molecule is CC(C)NC(=O)N1CCCCC[C@H]1C1CCN(Cc2ccc(C(N)=O)cc2)CC1. The van der Waals surface area contributed by atoms with Gasteiger partial charge in [0.05, 0.1) is 0 Å². The highest BCUT2D eigenvalue weighted by Crippen LogP contribution is 2.30. The molecule has 2 saturated heterocycles. The lowest BCUT2D eigenvalue weighted by molar-refractivity contribution is 0.0974. The van der Waals surface area contributed by atoms with E-state index in [9.17, 15) is 9.59 Å². The molecular weight excluding hydrogens is 364 g/mol. The van der Waals surface area contributed by atoms with Crippen LogP contribution in [0.4, 0.5) is 4.79 Å². The molecule has 0 aliphatic carbocycles. The van der Waals surface area contributed by atoms with Crippen LogP contribution in [-0.4, -0.2) is 53.5 Å². The van der Waals surface area contributed by atoms with E-state index in [1.54, 1.807) is 12.1 Å². The Bertz CT molecular complexity index is 681. The zero-order chi connectivity index (χ0) is 20.8. The van der Waals surface area contributed by atoms with Gasteiger partial charge in [-0.2, -0.15) is 0 Å². The largest absolute Gasteiger partial charge is 0.366 e. The Labute approximate surface area is 174 Å². The van der Waals surface area contributed by atoms with Crippen molar-refractivity contribution in [1.29, 1.82) is 0 Å². The van der Waals surface area contributed by atoms with Crippen LogP contribution in [0, 0.1) is 5.92 Å². The number of piperidine rings is 1. The summed E-state index contributed by atoms with van der Waals surface area (Å²) in [5, 5.41) is 3.11. The van der Waals surface area contributed by atoms with Crippen molar-refractivity contribution in [3.63, 3.8) is 0 Å². The number of amides is 3. The Morgan fingerprint density at radius 3 is 2.34 bits per heavy atom. The minimum Gasteiger partial charge on any atom is -0.366 e. The molecule has 29 heavy (non-hydrogen) atoms. The van der Waals surface area contributed by atoms with Crippen LogP contribution in [-0.2, 0) is 6.54 Å². The van der Waals surface area contributed by atoms with E-state index in [-0.39, 0.29) is 18.0 Å². The van der Waals surface area contributed by atoms with Crippen LogP contribution in [0.2, 0.25) is 0 Å². The lowest BCUT2D eigenvalue weighted by Crippen LogP contribution is -2.52. The maximum atomic E-state index is 12.8. The van der Waals surface area contributed by atoms with Crippen LogP contribution in [0.3, 0.4) is 0 Å².